The van der Waals surface area contributed by atoms with Gasteiger partial charge < -0.3 is 15.8 Å². The molecule has 1 aromatic rings. The van der Waals surface area contributed by atoms with Crippen LogP contribution in [-0.4, -0.2) is 54.2 Å². The zero-order chi connectivity index (χ0) is 16.1. The van der Waals surface area contributed by atoms with Crippen molar-refractivity contribution in [1.29, 1.82) is 0 Å². The number of hydrogen-bond donors (Lipinski definition) is 2. The van der Waals surface area contributed by atoms with E-state index < -0.39 is 0 Å². The molecule has 0 aromatic carbocycles. The maximum Gasteiger partial charge on any atom is 0.270 e. The summed E-state index contributed by atoms with van der Waals surface area (Å²) < 4.78 is 5.50. The molecule has 2 fully saturated rings. The molecule has 3 rings (SSSR count). The molecule has 1 saturated heterocycles. The Balaban J connectivity index is 1.65. The van der Waals surface area contributed by atoms with Crippen LogP contribution >= 0.6 is 11.3 Å². The number of carbonyl (C=O) groups excluding carboxylic acids is 1. The van der Waals surface area contributed by atoms with E-state index in [1.54, 1.807) is 5.38 Å². The Morgan fingerprint density at radius 3 is 2.74 bits per heavy atom. The van der Waals surface area contributed by atoms with Crippen LogP contribution < -0.4 is 11.1 Å². The van der Waals surface area contributed by atoms with E-state index in [4.69, 9.17) is 10.5 Å². The van der Waals surface area contributed by atoms with Crippen molar-refractivity contribution in [2.45, 2.75) is 44.2 Å². The number of aromatic nitrogens is 1. The summed E-state index contributed by atoms with van der Waals surface area (Å²) in [5, 5.41) is 5.72. The maximum atomic E-state index is 12.4. The zero-order valence-corrected chi connectivity index (χ0v) is 14.4. The Morgan fingerprint density at radius 1 is 1.35 bits per heavy atom. The van der Waals surface area contributed by atoms with Crippen LogP contribution in [0.2, 0.25) is 0 Å². The lowest BCUT2D eigenvalue weighted by molar-refractivity contribution is -0.0361. The van der Waals surface area contributed by atoms with Gasteiger partial charge in [0.1, 0.15) is 10.7 Å². The third kappa shape index (κ3) is 3.91. The van der Waals surface area contributed by atoms with Gasteiger partial charge in [-0.1, -0.05) is 19.3 Å². The molecular weight excluding hydrogens is 312 g/mol. The summed E-state index contributed by atoms with van der Waals surface area (Å²) in [6.45, 7) is 4.59. The van der Waals surface area contributed by atoms with E-state index in [1.807, 2.05) is 0 Å². The van der Waals surface area contributed by atoms with E-state index in [0.717, 1.165) is 44.2 Å². The van der Waals surface area contributed by atoms with Crippen LogP contribution in [0.1, 0.15) is 47.6 Å². The maximum absolute atomic E-state index is 12.4. The van der Waals surface area contributed by atoms with Crippen molar-refractivity contribution < 1.29 is 9.53 Å². The largest absolute Gasteiger partial charge is 0.379 e. The number of amides is 1. The normalized spacial score (nSPS) is 22.0. The molecule has 128 valence electrons. The van der Waals surface area contributed by atoms with Crippen LogP contribution in [0.15, 0.2) is 5.38 Å². The summed E-state index contributed by atoms with van der Waals surface area (Å²) in [4.78, 5) is 19.2. The van der Waals surface area contributed by atoms with Crippen molar-refractivity contribution in [3.05, 3.63) is 16.1 Å². The number of nitrogens with two attached hydrogens (primary N) is 1. The van der Waals surface area contributed by atoms with Gasteiger partial charge in [-0.15, -0.1) is 11.3 Å². The first-order chi connectivity index (χ1) is 11.2. The fourth-order valence-electron chi connectivity index (χ4n) is 3.70. The molecule has 1 aliphatic heterocycles. The summed E-state index contributed by atoms with van der Waals surface area (Å²) in [6.07, 6.45) is 6.07. The van der Waals surface area contributed by atoms with Crippen LogP contribution in [-0.2, 0) is 11.3 Å². The van der Waals surface area contributed by atoms with Crippen molar-refractivity contribution in [1.82, 2.24) is 15.2 Å². The molecule has 3 N–H and O–H groups in total. The van der Waals surface area contributed by atoms with E-state index >= 15 is 0 Å². The minimum Gasteiger partial charge on any atom is -0.379 e. The van der Waals surface area contributed by atoms with E-state index in [1.165, 1.54) is 30.6 Å². The van der Waals surface area contributed by atoms with Crippen LogP contribution in [0.5, 0.6) is 0 Å². The van der Waals surface area contributed by atoms with E-state index in [9.17, 15) is 4.79 Å². The third-order valence-corrected chi connectivity index (χ3v) is 5.87. The van der Waals surface area contributed by atoms with Gasteiger partial charge in [0.15, 0.2) is 0 Å². The SMILES string of the molecule is NCc1nc(C(=O)NCC2(N3CCOCC3)CCCCC2)cs1. The Labute approximate surface area is 141 Å². The van der Waals surface area contributed by atoms with E-state index in [-0.39, 0.29) is 11.4 Å². The van der Waals surface area contributed by atoms with Gasteiger partial charge in [0, 0.05) is 37.1 Å². The van der Waals surface area contributed by atoms with E-state index in [0.29, 0.717) is 18.8 Å². The molecule has 0 bridgehead atoms. The Hall–Kier alpha value is -1.02. The fraction of sp³-hybridized carbons (Fsp3) is 0.750. The minimum absolute atomic E-state index is 0.0841. The van der Waals surface area contributed by atoms with Crippen molar-refractivity contribution in [2.75, 3.05) is 32.8 Å². The molecule has 0 radical (unpaired) electrons. The van der Waals surface area contributed by atoms with Gasteiger partial charge in [0.25, 0.3) is 5.91 Å². The van der Waals surface area contributed by atoms with Gasteiger partial charge in [-0.3, -0.25) is 9.69 Å². The molecule has 2 heterocycles. The van der Waals surface area contributed by atoms with E-state index in [2.05, 4.69) is 15.2 Å². The van der Waals surface area contributed by atoms with Crippen molar-refractivity contribution in [2.24, 2.45) is 5.73 Å². The first-order valence-corrected chi connectivity index (χ1v) is 9.37. The Kier molecular flexibility index (Phi) is 5.63. The van der Waals surface area contributed by atoms with Gasteiger partial charge >= 0.3 is 0 Å². The lowest BCUT2D eigenvalue weighted by Crippen LogP contribution is -2.59. The molecular formula is C16H26N4O2S. The predicted octanol–water partition coefficient (Wildman–Crippen LogP) is 1.37. The monoisotopic (exact) mass is 338 g/mol. The summed E-state index contributed by atoms with van der Waals surface area (Å²) >= 11 is 1.44. The molecule has 6 nitrogen and oxygen atoms in total. The second-order valence-corrected chi connectivity index (χ2v) is 7.34. The van der Waals surface area contributed by atoms with Crippen LogP contribution in [0.25, 0.3) is 0 Å². The first kappa shape index (κ1) is 16.8. The molecule has 1 amide bonds. The lowest BCUT2D eigenvalue weighted by atomic mass is 9.79. The molecule has 2 aliphatic rings. The second kappa shape index (κ2) is 7.70. The first-order valence-electron chi connectivity index (χ1n) is 8.49. The molecule has 1 aliphatic carbocycles. The molecule has 0 atom stereocenters. The van der Waals surface area contributed by atoms with Gasteiger partial charge in [-0.25, -0.2) is 4.98 Å². The summed E-state index contributed by atoms with van der Waals surface area (Å²) in [5.41, 5.74) is 6.15. The number of nitrogens with zero attached hydrogens (tertiary/aromatic N) is 2. The van der Waals surface area contributed by atoms with Crippen LogP contribution in [0, 0.1) is 0 Å². The summed E-state index contributed by atoms with van der Waals surface area (Å²) in [7, 11) is 0. The molecule has 1 aromatic heterocycles. The number of morpholine rings is 1. The van der Waals surface area contributed by atoms with Crippen LogP contribution in [0.4, 0.5) is 0 Å². The van der Waals surface area contributed by atoms with Crippen molar-refractivity contribution >= 4 is 17.2 Å². The third-order valence-electron chi connectivity index (χ3n) is 5.00. The smallest absolute Gasteiger partial charge is 0.270 e. The average molecular weight is 338 g/mol. The molecule has 0 unspecified atom stereocenters. The number of rotatable bonds is 5. The number of ether oxygens (including phenoxy) is 1. The van der Waals surface area contributed by atoms with Gasteiger partial charge in [-0.2, -0.15) is 0 Å². The van der Waals surface area contributed by atoms with Gasteiger partial charge in [0.2, 0.25) is 0 Å². The average Bonchev–Trinajstić information content (AvgIpc) is 3.10. The number of hydrogen-bond acceptors (Lipinski definition) is 6. The molecule has 0 spiro atoms. The second-order valence-electron chi connectivity index (χ2n) is 6.40. The highest BCUT2D eigenvalue weighted by Crippen LogP contribution is 2.33. The van der Waals surface area contributed by atoms with Crippen molar-refractivity contribution in [3.8, 4) is 0 Å². The topological polar surface area (TPSA) is 80.5 Å². The molecule has 23 heavy (non-hydrogen) atoms. The zero-order valence-electron chi connectivity index (χ0n) is 13.6. The number of nitrogens with one attached hydrogen (secondary N) is 1. The molecule has 1 saturated carbocycles. The Bertz CT molecular complexity index is 522. The summed E-state index contributed by atoms with van der Waals surface area (Å²) in [5.74, 6) is -0.0841. The highest BCUT2D eigenvalue weighted by molar-refractivity contribution is 7.09. The minimum atomic E-state index is -0.0841. The highest BCUT2D eigenvalue weighted by Gasteiger charge is 2.38. The Morgan fingerprint density at radius 2 is 2.09 bits per heavy atom. The van der Waals surface area contributed by atoms with Crippen molar-refractivity contribution in [3.63, 3.8) is 0 Å². The fourth-order valence-corrected chi connectivity index (χ4v) is 4.35. The number of thiazole rings is 1. The quantitative estimate of drug-likeness (QED) is 0.847. The van der Waals surface area contributed by atoms with Gasteiger partial charge in [0.05, 0.1) is 13.2 Å². The van der Waals surface area contributed by atoms with Gasteiger partial charge in [-0.05, 0) is 12.8 Å². The predicted molar refractivity (Wildman–Crippen MR) is 90.5 cm³/mol. The highest BCUT2D eigenvalue weighted by atomic mass is 32.1. The molecule has 7 heteroatoms. The summed E-state index contributed by atoms with van der Waals surface area (Å²) in [6, 6.07) is 0. The standard InChI is InChI=1S/C16H26N4O2S/c17-10-14-19-13(11-23-14)15(21)18-12-16(4-2-1-3-5-16)20-6-8-22-9-7-20/h11H,1-10,12,17H2,(H,18,21). The number of carbonyl (C=O) groups is 1. The van der Waals surface area contributed by atoms with Crippen LogP contribution in [0.3, 0.4) is 0 Å². The lowest BCUT2D eigenvalue weighted by Gasteiger charge is -2.48.